The lowest BCUT2D eigenvalue weighted by Crippen LogP contribution is -2.40. The van der Waals surface area contributed by atoms with Gasteiger partial charge in [0.15, 0.2) is 0 Å². The van der Waals surface area contributed by atoms with Crippen LogP contribution in [-0.2, 0) is 11.3 Å². The topological polar surface area (TPSA) is 24.5 Å². The van der Waals surface area contributed by atoms with E-state index in [1.807, 2.05) is 48.7 Å². The largest absolute Gasteiger partial charge is 0.386 e. The molecule has 0 aliphatic carbocycles. The lowest BCUT2D eigenvalue weighted by molar-refractivity contribution is 0.0696. The SMILES string of the molecule is S=C(/C(=C/NCc1ccccc1)c1ccc(Cl)cc1)N1CCOCC1. The maximum absolute atomic E-state index is 6.03. The molecule has 3 nitrogen and oxygen atoms in total. The van der Waals surface area contributed by atoms with Crippen LogP contribution < -0.4 is 5.32 Å². The lowest BCUT2D eigenvalue weighted by atomic mass is 10.1. The maximum atomic E-state index is 6.03. The average Bonchev–Trinajstić information content (AvgIpc) is 2.67. The van der Waals surface area contributed by atoms with Crippen LogP contribution in [0.15, 0.2) is 60.8 Å². The van der Waals surface area contributed by atoms with Gasteiger partial charge in [0.2, 0.25) is 0 Å². The van der Waals surface area contributed by atoms with Crippen LogP contribution in [0.25, 0.3) is 5.57 Å². The second-order valence-corrected chi connectivity index (χ2v) is 6.66. The van der Waals surface area contributed by atoms with E-state index in [-0.39, 0.29) is 0 Å². The first-order valence-electron chi connectivity index (χ1n) is 8.34. The molecule has 2 aromatic rings. The van der Waals surface area contributed by atoms with Crippen molar-refractivity contribution >= 4 is 34.4 Å². The molecule has 1 heterocycles. The molecule has 0 radical (unpaired) electrons. The fraction of sp³-hybridized carbons (Fsp3) is 0.250. The molecular formula is C20H21ClN2OS. The summed E-state index contributed by atoms with van der Waals surface area (Å²) in [5.41, 5.74) is 3.29. The number of halogens is 1. The molecule has 0 saturated carbocycles. The Bertz CT molecular complexity index is 725. The molecule has 1 aliphatic rings. The standard InChI is InChI=1S/C20H21ClN2OS/c21-18-8-6-17(7-9-18)19(20(25)23-10-12-24-13-11-23)15-22-14-16-4-2-1-3-5-16/h1-9,15,22H,10-14H2/b19-15+. The highest BCUT2D eigenvalue weighted by Gasteiger charge is 2.18. The van der Waals surface area contributed by atoms with Gasteiger partial charge in [-0.3, -0.25) is 0 Å². The van der Waals surface area contributed by atoms with E-state index in [4.69, 9.17) is 28.6 Å². The molecule has 2 aromatic carbocycles. The fourth-order valence-electron chi connectivity index (χ4n) is 2.70. The van der Waals surface area contributed by atoms with E-state index in [2.05, 4.69) is 22.3 Å². The highest BCUT2D eigenvalue weighted by atomic mass is 35.5. The Morgan fingerprint density at radius 3 is 2.44 bits per heavy atom. The molecule has 0 bridgehead atoms. The molecular weight excluding hydrogens is 352 g/mol. The van der Waals surface area contributed by atoms with E-state index < -0.39 is 0 Å². The van der Waals surface area contributed by atoms with Crippen LogP contribution in [0.1, 0.15) is 11.1 Å². The van der Waals surface area contributed by atoms with E-state index in [1.165, 1.54) is 5.56 Å². The van der Waals surface area contributed by atoms with Crippen LogP contribution in [0.4, 0.5) is 0 Å². The second kappa shape index (κ2) is 8.99. The zero-order valence-electron chi connectivity index (χ0n) is 14.0. The third kappa shape index (κ3) is 5.05. The number of benzene rings is 2. The van der Waals surface area contributed by atoms with Gasteiger partial charge in [0.1, 0.15) is 4.99 Å². The van der Waals surface area contributed by atoms with Gasteiger partial charge in [-0.2, -0.15) is 0 Å². The smallest absolute Gasteiger partial charge is 0.111 e. The predicted molar refractivity (Wildman–Crippen MR) is 108 cm³/mol. The summed E-state index contributed by atoms with van der Waals surface area (Å²) >= 11 is 11.8. The first-order chi connectivity index (χ1) is 12.2. The number of hydrogen-bond acceptors (Lipinski definition) is 3. The number of rotatable bonds is 5. The Labute approximate surface area is 159 Å². The summed E-state index contributed by atoms with van der Waals surface area (Å²) in [5.74, 6) is 0. The third-order valence-corrected chi connectivity index (χ3v) is 4.81. The minimum absolute atomic E-state index is 0.714. The average molecular weight is 373 g/mol. The number of nitrogens with zero attached hydrogens (tertiary/aromatic N) is 1. The summed E-state index contributed by atoms with van der Waals surface area (Å²) < 4.78 is 5.44. The molecule has 25 heavy (non-hydrogen) atoms. The molecule has 0 atom stereocenters. The number of thiocarbonyl (C=S) groups is 1. The van der Waals surface area contributed by atoms with Crippen molar-refractivity contribution < 1.29 is 4.74 Å². The van der Waals surface area contributed by atoms with Gasteiger partial charge in [-0.15, -0.1) is 0 Å². The molecule has 0 unspecified atom stereocenters. The molecule has 0 aromatic heterocycles. The minimum Gasteiger partial charge on any atom is -0.386 e. The van der Waals surface area contributed by atoms with E-state index >= 15 is 0 Å². The van der Waals surface area contributed by atoms with Gasteiger partial charge in [-0.05, 0) is 23.3 Å². The van der Waals surface area contributed by atoms with Crippen LogP contribution in [0.2, 0.25) is 5.02 Å². The van der Waals surface area contributed by atoms with Crippen LogP contribution in [0.5, 0.6) is 0 Å². The Morgan fingerprint density at radius 1 is 1.08 bits per heavy atom. The monoisotopic (exact) mass is 372 g/mol. The van der Waals surface area contributed by atoms with Crippen LogP contribution in [0.3, 0.4) is 0 Å². The van der Waals surface area contributed by atoms with Crippen LogP contribution in [-0.4, -0.2) is 36.2 Å². The van der Waals surface area contributed by atoms with Gasteiger partial charge < -0.3 is 15.0 Å². The van der Waals surface area contributed by atoms with E-state index in [1.54, 1.807) is 0 Å². The summed E-state index contributed by atoms with van der Waals surface area (Å²) in [6.45, 7) is 3.82. The highest BCUT2D eigenvalue weighted by molar-refractivity contribution is 7.81. The van der Waals surface area contributed by atoms with Crippen molar-refractivity contribution in [2.24, 2.45) is 0 Å². The highest BCUT2D eigenvalue weighted by Crippen LogP contribution is 2.21. The van der Waals surface area contributed by atoms with Gasteiger partial charge in [0.05, 0.1) is 13.2 Å². The van der Waals surface area contributed by atoms with Crippen molar-refractivity contribution in [3.63, 3.8) is 0 Å². The first-order valence-corrected chi connectivity index (χ1v) is 9.13. The molecule has 130 valence electrons. The number of ether oxygens (including phenoxy) is 1. The van der Waals surface area contributed by atoms with Crippen molar-refractivity contribution in [1.82, 2.24) is 10.2 Å². The summed E-state index contributed by atoms with van der Waals surface area (Å²) in [4.78, 5) is 3.04. The van der Waals surface area contributed by atoms with E-state index in [9.17, 15) is 0 Å². The summed E-state index contributed by atoms with van der Waals surface area (Å²) in [7, 11) is 0. The fourth-order valence-corrected chi connectivity index (χ4v) is 3.19. The van der Waals surface area contributed by atoms with Crippen molar-refractivity contribution in [1.29, 1.82) is 0 Å². The first kappa shape index (κ1) is 17.9. The van der Waals surface area contributed by atoms with Gasteiger partial charge >= 0.3 is 0 Å². The zero-order chi connectivity index (χ0) is 17.5. The minimum atomic E-state index is 0.714. The van der Waals surface area contributed by atoms with E-state index in [0.29, 0.717) is 13.2 Å². The quantitative estimate of drug-likeness (QED) is 0.630. The molecule has 5 heteroatoms. The summed E-state index contributed by atoms with van der Waals surface area (Å²) in [6, 6.07) is 18.1. The Hall–Kier alpha value is -1.88. The van der Waals surface area contributed by atoms with Crippen LogP contribution in [0, 0.1) is 0 Å². The van der Waals surface area contributed by atoms with Gasteiger partial charge in [-0.1, -0.05) is 66.3 Å². The maximum Gasteiger partial charge on any atom is 0.111 e. The third-order valence-electron chi connectivity index (χ3n) is 4.08. The number of nitrogens with one attached hydrogen (secondary N) is 1. The Balaban J connectivity index is 1.79. The molecule has 1 saturated heterocycles. The summed E-state index contributed by atoms with van der Waals surface area (Å²) in [5, 5.41) is 4.11. The predicted octanol–water partition coefficient (Wildman–Crippen LogP) is 4.13. The molecule has 3 rings (SSSR count). The van der Waals surface area contributed by atoms with Gasteiger partial charge in [0.25, 0.3) is 0 Å². The van der Waals surface area contributed by atoms with Crippen LogP contribution >= 0.6 is 23.8 Å². The molecule has 0 spiro atoms. The van der Waals surface area contributed by atoms with Crippen molar-refractivity contribution in [2.45, 2.75) is 6.54 Å². The van der Waals surface area contributed by atoms with Crippen molar-refractivity contribution in [3.05, 3.63) is 76.9 Å². The van der Waals surface area contributed by atoms with E-state index in [0.717, 1.165) is 40.8 Å². The van der Waals surface area contributed by atoms with Crippen molar-refractivity contribution in [3.8, 4) is 0 Å². The Kier molecular flexibility index (Phi) is 6.45. The Morgan fingerprint density at radius 2 is 1.76 bits per heavy atom. The normalized spacial score (nSPS) is 15.1. The number of hydrogen-bond donors (Lipinski definition) is 1. The number of morpholine rings is 1. The molecule has 0 amide bonds. The second-order valence-electron chi connectivity index (χ2n) is 5.84. The molecule has 1 N–H and O–H groups in total. The lowest BCUT2D eigenvalue weighted by Gasteiger charge is -2.30. The molecule has 1 aliphatic heterocycles. The van der Waals surface area contributed by atoms with Gasteiger partial charge in [0, 0.05) is 36.4 Å². The molecule has 1 fully saturated rings. The van der Waals surface area contributed by atoms with Crippen molar-refractivity contribution in [2.75, 3.05) is 26.3 Å². The van der Waals surface area contributed by atoms with Gasteiger partial charge in [-0.25, -0.2) is 0 Å². The summed E-state index contributed by atoms with van der Waals surface area (Å²) in [6.07, 6.45) is 2.01. The zero-order valence-corrected chi connectivity index (χ0v) is 15.5.